The first-order chi connectivity index (χ1) is 7.67. The third-order valence-electron chi connectivity index (χ3n) is 3.37. The molecule has 0 spiro atoms. The molecular formula is C12H25N3S. The molecule has 0 bridgehead atoms. The van der Waals surface area contributed by atoms with Crippen molar-refractivity contribution in [1.82, 2.24) is 9.80 Å². The summed E-state index contributed by atoms with van der Waals surface area (Å²) in [5.74, 6) is 0. The van der Waals surface area contributed by atoms with Crippen LogP contribution in [0.15, 0.2) is 0 Å². The van der Waals surface area contributed by atoms with Crippen molar-refractivity contribution in [3.05, 3.63) is 0 Å². The normalized spacial score (nSPS) is 20.9. The SMILES string of the molecule is CCCN1CCN(C(CC)CC(N)=S)CC1. The second-order valence-electron chi connectivity index (χ2n) is 4.61. The Labute approximate surface area is 105 Å². The average molecular weight is 243 g/mol. The molecule has 0 aromatic rings. The van der Waals surface area contributed by atoms with E-state index in [0.29, 0.717) is 11.0 Å². The second-order valence-corrected chi connectivity index (χ2v) is 5.13. The van der Waals surface area contributed by atoms with Crippen molar-refractivity contribution in [2.75, 3.05) is 32.7 Å². The van der Waals surface area contributed by atoms with Crippen LogP contribution in [-0.2, 0) is 0 Å². The van der Waals surface area contributed by atoms with Crippen LogP contribution in [0.1, 0.15) is 33.1 Å². The monoisotopic (exact) mass is 243 g/mol. The van der Waals surface area contributed by atoms with Crippen LogP contribution in [0.2, 0.25) is 0 Å². The smallest absolute Gasteiger partial charge is 0.0743 e. The van der Waals surface area contributed by atoms with E-state index in [0.717, 1.165) is 12.8 Å². The maximum Gasteiger partial charge on any atom is 0.0743 e. The number of hydrogen-bond acceptors (Lipinski definition) is 3. The highest BCUT2D eigenvalue weighted by Gasteiger charge is 2.22. The topological polar surface area (TPSA) is 32.5 Å². The molecule has 1 unspecified atom stereocenters. The van der Waals surface area contributed by atoms with Crippen LogP contribution in [0.5, 0.6) is 0 Å². The summed E-state index contributed by atoms with van der Waals surface area (Å²) < 4.78 is 0. The van der Waals surface area contributed by atoms with Crippen LogP contribution in [-0.4, -0.2) is 53.6 Å². The van der Waals surface area contributed by atoms with Gasteiger partial charge >= 0.3 is 0 Å². The van der Waals surface area contributed by atoms with Gasteiger partial charge in [0.15, 0.2) is 0 Å². The van der Waals surface area contributed by atoms with Gasteiger partial charge in [-0.3, -0.25) is 4.90 Å². The molecule has 0 aromatic heterocycles. The maximum absolute atomic E-state index is 5.64. The fourth-order valence-corrected chi connectivity index (χ4v) is 2.62. The highest BCUT2D eigenvalue weighted by atomic mass is 32.1. The molecule has 3 nitrogen and oxygen atoms in total. The molecule has 1 saturated heterocycles. The number of rotatable bonds is 6. The zero-order valence-corrected chi connectivity index (χ0v) is 11.4. The minimum Gasteiger partial charge on any atom is -0.393 e. The molecule has 0 aliphatic carbocycles. The van der Waals surface area contributed by atoms with E-state index in [1.807, 2.05) is 0 Å². The highest BCUT2D eigenvalue weighted by Crippen LogP contribution is 2.12. The second kappa shape index (κ2) is 7.20. The summed E-state index contributed by atoms with van der Waals surface area (Å²) in [5.41, 5.74) is 5.64. The minimum absolute atomic E-state index is 0.557. The first-order valence-electron chi connectivity index (χ1n) is 6.42. The van der Waals surface area contributed by atoms with Crippen molar-refractivity contribution >= 4 is 17.2 Å². The molecule has 1 atom stereocenters. The Kier molecular flexibility index (Phi) is 6.24. The number of hydrogen-bond donors (Lipinski definition) is 1. The molecule has 0 saturated carbocycles. The van der Waals surface area contributed by atoms with Gasteiger partial charge in [0, 0.05) is 38.6 Å². The lowest BCUT2D eigenvalue weighted by Crippen LogP contribution is -2.50. The van der Waals surface area contributed by atoms with E-state index in [9.17, 15) is 0 Å². The quantitative estimate of drug-likeness (QED) is 0.716. The summed E-state index contributed by atoms with van der Waals surface area (Å²) in [6, 6.07) is 0.557. The van der Waals surface area contributed by atoms with Crippen molar-refractivity contribution in [2.45, 2.75) is 39.2 Å². The molecule has 0 aromatic carbocycles. The van der Waals surface area contributed by atoms with Crippen molar-refractivity contribution in [3.8, 4) is 0 Å². The molecule has 1 rings (SSSR count). The summed E-state index contributed by atoms with van der Waals surface area (Å²) in [6.07, 6.45) is 3.27. The Bertz CT molecular complexity index is 212. The van der Waals surface area contributed by atoms with Gasteiger partial charge in [0.05, 0.1) is 4.99 Å². The van der Waals surface area contributed by atoms with Gasteiger partial charge < -0.3 is 10.6 Å². The number of nitrogens with zero attached hydrogens (tertiary/aromatic N) is 2. The Morgan fingerprint density at radius 1 is 1.25 bits per heavy atom. The molecular weight excluding hydrogens is 218 g/mol. The Balaban J connectivity index is 2.35. The van der Waals surface area contributed by atoms with E-state index >= 15 is 0 Å². The Hall–Kier alpha value is -0.190. The van der Waals surface area contributed by atoms with Crippen LogP contribution < -0.4 is 5.73 Å². The van der Waals surface area contributed by atoms with Gasteiger partial charge in [-0.05, 0) is 19.4 Å². The number of nitrogens with two attached hydrogens (primary N) is 1. The van der Waals surface area contributed by atoms with E-state index in [1.165, 1.54) is 39.1 Å². The van der Waals surface area contributed by atoms with Gasteiger partial charge in [0.1, 0.15) is 0 Å². The van der Waals surface area contributed by atoms with Crippen LogP contribution in [0.4, 0.5) is 0 Å². The minimum atomic E-state index is 0.557. The number of thiocarbonyl (C=S) groups is 1. The zero-order valence-electron chi connectivity index (χ0n) is 10.6. The van der Waals surface area contributed by atoms with Crippen molar-refractivity contribution < 1.29 is 0 Å². The van der Waals surface area contributed by atoms with Gasteiger partial charge in [-0.15, -0.1) is 0 Å². The first kappa shape index (κ1) is 13.9. The largest absolute Gasteiger partial charge is 0.393 e. The van der Waals surface area contributed by atoms with E-state index < -0.39 is 0 Å². The Morgan fingerprint density at radius 3 is 2.31 bits per heavy atom. The molecule has 2 N–H and O–H groups in total. The maximum atomic E-state index is 5.64. The summed E-state index contributed by atoms with van der Waals surface area (Å²) in [5, 5.41) is 0. The number of piperazine rings is 1. The van der Waals surface area contributed by atoms with Crippen molar-refractivity contribution in [1.29, 1.82) is 0 Å². The first-order valence-corrected chi connectivity index (χ1v) is 6.82. The lowest BCUT2D eigenvalue weighted by Gasteiger charge is -2.39. The fraction of sp³-hybridized carbons (Fsp3) is 0.917. The summed E-state index contributed by atoms with van der Waals surface area (Å²) in [6.45, 7) is 10.4. The molecule has 1 heterocycles. The average Bonchev–Trinajstić information content (AvgIpc) is 2.27. The highest BCUT2D eigenvalue weighted by molar-refractivity contribution is 7.80. The standard InChI is InChI=1S/C12H25N3S/c1-3-5-14-6-8-15(9-7-14)11(4-2)10-12(13)16/h11H,3-10H2,1-2H3,(H2,13,16). The van der Waals surface area contributed by atoms with Crippen LogP contribution in [0.3, 0.4) is 0 Å². The van der Waals surface area contributed by atoms with E-state index in [1.54, 1.807) is 0 Å². The lowest BCUT2D eigenvalue weighted by molar-refractivity contribution is 0.0966. The molecule has 0 radical (unpaired) electrons. The summed E-state index contributed by atoms with van der Waals surface area (Å²) >= 11 is 5.01. The van der Waals surface area contributed by atoms with Gasteiger partial charge in [0.25, 0.3) is 0 Å². The lowest BCUT2D eigenvalue weighted by atomic mass is 10.1. The van der Waals surface area contributed by atoms with Gasteiger partial charge in [-0.1, -0.05) is 26.1 Å². The van der Waals surface area contributed by atoms with Gasteiger partial charge in [-0.25, -0.2) is 0 Å². The molecule has 1 aliphatic heterocycles. The summed E-state index contributed by atoms with van der Waals surface area (Å²) in [7, 11) is 0. The predicted molar refractivity (Wildman–Crippen MR) is 73.8 cm³/mol. The Morgan fingerprint density at radius 2 is 1.88 bits per heavy atom. The van der Waals surface area contributed by atoms with E-state index in [2.05, 4.69) is 23.6 Å². The van der Waals surface area contributed by atoms with Crippen molar-refractivity contribution in [2.24, 2.45) is 5.73 Å². The van der Waals surface area contributed by atoms with E-state index in [4.69, 9.17) is 18.0 Å². The fourth-order valence-electron chi connectivity index (χ4n) is 2.43. The van der Waals surface area contributed by atoms with Crippen molar-refractivity contribution in [3.63, 3.8) is 0 Å². The molecule has 16 heavy (non-hydrogen) atoms. The van der Waals surface area contributed by atoms with Gasteiger partial charge in [-0.2, -0.15) is 0 Å². The van der Waals surface area contributed by atoms with Crippen LogP contribution >= 0.6 is 12.2 Å². The van der Waals surface area contributed by atoms with Crippen LogP contribution in [0, 0.1) is 0 Å². The van der Waals surface area contributed by atoms with Gasteiger partial charge in [0.2, 0.25) is 0 Å². The third kappa shape index (κ3) is 4.36. The third-order valence-corrected chi connectivity index (χ3v) is 3.54. The molecule has 94 valence electrons. The molecule has 4 heteroatoms. The van der Waals surface area contributed by atoms with Crippen LogP contribution in [0.25, 0.3) is 0 Å². The molecule has 1 aliphatic rings. The molecule has 0 amide bonds. The molecule has 1 fully saturated rings. The van der Waals surface area contributed by atoms with E-state index in [-0.39, 0.29) is 0 Å². The zero-order chi connectivity index (χ0) is 12.0. The summed E-state index contributed by atoms with van der Waals surface area (Å²) in [4.78, 5) is 5.75. The predicted octanol–water partition coefficient (Wildman–Crippen LogP) is 1.47.